The van der Waals surface area contributed by atoms with Crippen LogP contribution in [0.1, 0.15) is 41.5 Å². The normalized spacial score (nSPS) is 16.5. The molecule has 1 atom stereocenters. The number of fused-ring (bicyclic) bond motifs is 3. The molecule has 0 radical (unpaired) electrons. The minimum Gasteiger partial charge on any atom is -0.378 e. The van der Waals surface area contributed by atoms with Crippen molar-refractivity contribution in [3.63, 3.8) is 0 Å². The Hall–Kier alpha value is -3.68. The smallest absolute Gasteiger partial charge is 0.262 e. The first-order valence-electron chi connectivity index (χ1n) is 11.4. The Kier molecular flexibility index (Phi) is 5.36. The van der Waals surface area contributed by atoms with Crippen molar-refractivity contribution in [2.24, 2.45) is 13.0 Å². The molecule has 0 saturated carbocycles. The molecule has 1 unspecified atom stereocenters. The molecule has 3 heterocycles. The van der Waals surface area contributed by atoms with Gasteiger partial charge in [0.1, 0.15) is 0 Å². The average Bonchev–Trinajstić information content (AvgIpc) is 3.25. The van der Waals surface area contributed by atoms with Crippen molar-refractivity contribution in [2.75, 3.05) is 18.4 Å². The van der Waals surface area contributed by atoms with Crippen molar-refractivity contribution in [3.05, 3.63) is 69.8 Å². The minimum atomic E-state index is -0.0933. The highest BCUT2D eigenvalue weighted by Crippen LogP contribution is 2.22. The highest BCUT2D eigenvalue weighted by molar-refractivity contribution is 5.95. The third kappa shape index (κ3) is 3.75. The summed E-state index contributed by atoms with van der Waals surface area (Å²) < 4.78 is 3.43. The number of carbonyl (C=O) groups excluding carboxylic acids is 1. The number of aromatic nitrogens is 4. The van der Waals surface area contributed by atoms with Gasteiger partial charge < -0.3 is 10.2 Å². The van der Waals surface area contributed by atoms with Crippen LogP contribution in [0.3, 0.4) is 0 Å². The lowest BCUT2D eigenvalue weighted by Gasteiger charge is -2.31. The molecule has 33 heavy (non-hydrogen) atoms. The lowest BCUT2D eigenvalue weighted by Crippen LogP contribution is -2.39. The van der Waals surface area contributed by atoms with Crippen molar-refractivity contribution in [2.45, 2.75) is 33.2 Å². The molecule has 1 fully saturated rings. The minimum absolute atomic E-state index is 0.0933. The number of nitrogens with zero attached hydrogens (tertiary/aromatic N) is 5. The van der Waals surface area contributed by atoms with Crippen LogP contribution in [0.4, 0.5) is 5.69 Å². The first kappa shape index (κ1) is 21.2. The topological polar surface area (TPSA) is 84.5 Å². The second kappa shape index (κ2) is 8.35. The molecular weight excluding hydrogens is 416 g/mol. The maximum atomic E-state index is 12.9. The first-order valence-corrected chi connectivity index (χ1v) is 11.4. The fourth-order valence-electron chi connectivity index (χ4n) is 4.73. The molecule has 1 aliphatic rings. The molecule has 4 aromatic rings. The van der Waals surface area contributed by atoms with Crippen LogP contribution in [0, 0.1) is 12.8 Å². The van der Waals surface area contributed by atoms with Crippen LogP contribution in [0.5, 0.6) is 0 Å². The van der Waals surface area contributed by atoms with Gasteiger partial charge in [0.2, 0.25) is 5.78 Å². The van der Waals surface area contributed by atoms with Gasteiger partial charge in [-0.05, 0) is 61.6 Å². The summed E-state index contributed by atoms with van der Waals surface area (Å²) in [7, 11) is 1.71. The van der Waals surface area contributed by atoms with E-state index in [1.165, 1.54) is 11.0 Å². The molecule has 0 aliphatic carbocycles. The molecule has 2 aromatic carbocycles. The van der Waals surface area contributed by atoms with Crippen LogP contribution in [0.25, 0.3) is 16.7 Å². The van der Waals surface area contributed by atoms with Crippen LogP contribution in [0.2, 0.25) is 0 Å². The molecule has 5 rings (SSSR count). The van der Waals surface area contributed by atoms with Gasteiger partial charge in [0.15, 0.2) is 5.82 Å². The monoisotopic (exact) mass is 444 g/mol. The molecule has 2 aromatic heterocycles. The molecule has 8 nitrogen and oxygen atoms in total. The Morgan fingerprint density at radius 1 is 1.18 bits per heavy atom. The zero-order valence-electron chi connectivity index (χ0n) is 19.2. The number of nitrogens with one attached hydrogen (secondary N) is 1. The number of likely N-dealkylation sites (tertiary alicyclic amines) is 1. The molecule has 1 N–H and O–H groups in total. The molecule has 0 bridgehead atoms. The second-order valence-corrected chi connectivity index (χ2v) is 9.01. The number of carbonyl (C=O) groups is 1. The summed E-state index contributed by atoms with van der Waals surface area (Å²) in [4.78, 5) is 27.5. The lowest BCUT2D eigenvalue weighted by atomic mass is 9.99. The van der Waals surface area contributed by atoms with E-state index in [0.717, 1.165) is 41.8 Å². The summed E-state index contributed by atoms with van der Waals surface area (Å²) in [6, 6.07) is 13.3. The van der Waals surface area contributed by atoms with E-state index in [9.17, 15) is 9.59 Å². The summed E-state index contributed by atoms with van der Waals surface area (Å²) >= 11 is 0. The van der Waals surface area contributed by atoms with E-state index in [1.54, 1.807) is 7.05 Å². The molecule has 8 heteroatoms. The van der Waals surface area contributed by atoms with Gasteiger partial charge in [0.25, 0.3) is 11.5 Å². The molecule has 170 valence electrons. The van der Waals surface area contributed by atoms with Crippen LogP contribution >= 0.6 is 0 Å². The summed E-state index contributed by atoms with van der Waals surface area (Å²) in [6.45, 7) is 6.29. The number of anilines is 1. The first-order chi connectivity index (χ1) is 15.9. The Morgan fingerprint density at radius 3 is 2.79 bits per heavy atom. The van der Waals surface area contributed by atoms with E-state index in [0.29, 0.717) is 29.5 Å². The van der Waals surface area contributed by atoms with E-state index in [-0.39, 0.29) is 11.5 Å². The van der Waals surface area contributed by atoms with Gasteiger partial charge >= 0.3 is 0 Å². The number of piperidine rings is 1. The third-order valence-corrected chi connectivity index (χ3v) is 6.55. The fraction of sp³-hybridized carbons (Fsp3) is 0.360. The second-order valence-electron chi connectivity index (χ2n) is 9.01. The number of rotatable bonds is 4. The predicted molar refractivity (Wildman–Crippen MR) is 129 cm³/mol. The molecule has 1 amide bonds. The Bertz CT molecular complexity index is 1420. The zero-order chi connectivity index (χ0) is 23.1. The van der Waals surface area contributed by atoms with Crippen LogP contribution in [0.15, 0.2) is 47.3 Å². The fourth-order valence-corrected chi connectivity index (χ4v) is 4.73. The van der Waals surface area contributed by atoms with Gasteiger partial charge in [-0.3, -0.25) is 18.6 Å². The van der Waals surface area contributed by atoms with Crippen molar-refractivity contribution in [1.29, 1.82) is 0 Å². The van der Waals surface area contributed by atoms with Gasteiger partial charge in [-0.2, -0.15) is 0 Å². The van der Waals surface area contributed by atoms with E-state index < -0.39 is 0 Å². The number of benzene rings is 2. The third-order valence-electron chi connectivity index (χ3n) is 6.55. The standard InChI is InChI=1S/C25H28N6O2/c1-16-7-6-12-30(15-16)23(32)18-10-11-20(17(2)13-18)26-14-22-27-28-25-29(3)24(33)19-8-4-5-9-21(19)31(22)25/h4-5,8-11,13,16,26H,6-7,12,14-15H2,1-3H3. The van der Waals surface area contributed by atoms with Gasteiger partial charge in [0.05, 0.1) is 17.4 Å². The number of para-hydroxylation sites is 1. The average molecular weight is 445 g/mol. The van der Waals surface area contributed by atoms with Crippen LogP contribution in [-0.4, -0.2) is 43.1 Å². The van der Waals surface area contributed by atoms with Gasteiger partial charge in [-0.25, -0.2) is 0 Å². The Balaban J connectivity index is 1.40. The van der Waals surface area contributed by atoms with E-state index in [1.807, 2.05) is 58.7 Å². The largest absolute Gasteiger partial charge is 0.378 e. The Labute approximate surface area is 191 Å². The zero-order valence-corrected chi connectivity index (χ0v) is 19.2. The summed E-state index contributed by atoms with van der Waals surface area (Å²) in [5.41, 5.74) is 3.34. The van der Waals surface area contributed by atoms with Gasteiger partial charge in [-0.15, -0.1) is 10.2 Å². The molecule has 1 saturated heterocycles. The van der Waals surface area contributed by atoms with Crippen molar-refractivity contribution >= 4 is 28.3 Å². The van der Waals surface area contributed by atoms with Crippen LogP contribution in [-0.2, 0) is 13.6 Å². The molecular formula is C25H28N6O2. The van der Waals surface area contributed by atoms with Gasteiger partial charge in [-0.1, -0.05) is 19.1 Å². The SMILES string of the molecule is Cc1cc(C(=O)N2CCCC(C)C2)ccc1NCc1nnc2n(C)c(=O)c3ccccc3n12. The number of hydrogen-bond donors (Lipinski definition) is 1. The maximum absolute atomic E-state index is 12.9. The number of amides is 1. The van der Waals surface area contributed by atoms with Crippen molar-refractivity contribution in [1.82, 2.24) is 24.1 Å². The molecule has 0 spiro atoms. The van der Waals surface area contributed by atoms with Crippen molar-refractivity contribution in [3.8, 4) is 0 Å². The van der Waals surface area contributed by atoms with E-state index in [2.05, 4.69) is 22.4 Å². The van der Waals surface area contributed by atoms with Crippen molar-refractivity contribution < 1.29 is 4.79 Å². The van der Waals surface area contributed by atoms with E-state index in [4.69, 9.17) is 0 Å². The quantitative estimate of drug-likeness (QED) is 0.522. The summed E-state index contributed by atoms with van der Waals surface area (Å²) in [5, 5.41) is 12.6. The van der Waals surface area contributed by atoms with Crippen LogP contribution < -0.4 is 10.9 Å². The van der Waals surface area contributed by atoms with E-state index >= 15 is 0 Å². The summed E-state index contributed by atoms with van der Waals surface area (Å²) in [6.07, 6.45) is 2.25. The number of aryl methyl sites for hydroxylation is 2. The summed E-state index contributed by atoms with van der Waals surface area (Å²) in [5.74, 6) is 1.87. The number of hydrogen-bond acceptors (Lipinski definition) is 5. The highest BCUT2D eigenvalue weighted by atomic mass is 16.2. The van der Waals surface area contributed by atoms with Gasteiger partial charge in [0, 0.05) is 31.4 Å². The maximum Gasteiger partial charge on any atom is 0.262 e. The highest BCUT2D eigenvalue weighted by Gasteiger charge is 2.22. The predicted octanol–water partition coefficient (Wildman–Crippen LogP) is 3.37. The molecule has 1 aliphatic heterocycles. The Morgan fingerprint density at radius 2 is 2.00 bits per heavy atom. The lowest BCUT2D eigenvalue weighted by molar-refractivity contribution is 0.0683.